The number of carbonyl (C=O) groups excluding carboxylic acids is 1. The number of nitriles is 1. The van der Waals surface area contributed by atoms with Gasteiger partial charge in [0.25, 0.3) is 0 Å². The monoisotopic (exact) mass is 452 g/mol. The number of fused-ring (bicyclic) bond motifs is 1. The van der Waals surface area contributed by atoms with E-state index in [1.165, 1.54) is 0 Å². The van der Waals surface area contributed by atoms with Gasteiger partial charge in [-0.3, -0.25) is 0 Å². The first-order valence-corrected chi connectivity index (χ1v) is 10.1. The van der Waals surface area contributed by atoms with Crippen LogP contribution in [0.15, 0.2) is 58.6 Å². The number of benzene rings is 2. The van der Waals surface area contributed by atoms with Crippen LogP contribution in [0.5, 0.6) is 5.75 Å². The second-order valence-corrected chi connectivity index (χ2v) is 7.28. The van der Waals surface area contributed by atoms with Gasteiger partial charge in [0.15, 0.2) is 0 Å². The lowest BCUT2D eigenvalue weighted by molar-refractivity contribution is -0.137. The first-order valence-electron chi connectivity index (χ1n) is 9.30. The van der Waals surface area contributed by atoms with Crippen molar-refractivity contribution in [2.45, 2.75) is 20.4 Å². The Kier molecular flexibility index (Phi) is 6.73. The van der Waals surface area contributed by atoms with E-state index < -0.39 is 5.97 Å². The minimum absolute atomic E-state index is 0.0102. The number of halogens is 1. The van der Waals surface area contributed by atoms with Crippen LogP contribution in [-0.2, 0) is 16.1 Å². The Labute approximate surface area is 178 Å². The third-order valence-electron chi connectivity index (χ3n) is 4.58. The minimum atomic E-state index is -0.607. The quantitative estimate of drug-likeness (QED) is 0.278. The maximum Gasteiger partial charge on any atom is 0.348 e. The Morgan fingerprint density at radius 3 is 2.62 bits per heavy atom. The number of para-hydroxylation sites is 1. The third-order valence-corrected chi connectivity index (χ3v) is 5.11. The molecule has 148 valence electrons. The van der Waals surface area contributed by atoms with Crippen molar-refractivity contribution in [3.63, 3.8) is 0 Å². The van der Waals surface area contributed by atoms with Crippen LogP contribution in [0, 0.1) is 18.3 Å². The van der Waals surface area contributed by atoms with Crippen LogP contribution in [0.25, 0.3) is 17.0 Å². The smallest absolute Gasteiger partial charge is 0.348 e. The summed E-state index contributed by atoms with van der Waals surface area (Å²) < 4.78 is 14.0. The van der Waals surface area contributed by atoms with Crippen molar-refractivity contribution in [3.8, 4) is 11.8 Å². The fourth-order valence-electron chi connectivity index (χ4n) is 3.20. The van der Waals surface area contributed by atoms with Crippen LogP contribution in [0.3, 0.4) is 0 Å². The number of hydrogen-bond donors (Lipinski definition) is 0. The number of carbonyl (C=O) groups is 1. The third kappa shape index (κ3) is 4.69. The summed E-state index contributed by atoms with van der Waals surface area (Å²) in [5.41, 5.74) is 2.82. The molecular formula is C23H21BrN2O3. The molecule has 29 heavy (non-hydrogen) atoms. The number of esters is 1. The zero-order chi connectivity index (χ0) is 20.8. The van der Waals surface area contributed by atoms with Crippen LogP contribution in [0.2, 0.25) is 0 Å². The van der Waals surface area contributed by atoms with Crippen LogP contribution in [0.1, 0.15) is 18.2 Å². The highest BCUT2D eigenvalue weighted by molar-refractivity contribution is 9.10. The second-order valence-electron chi connectivity index (χ2n) is 6.36. The molecule has 0 amide bonds. The molecule has 0 radical (unpaired) electrons. The largest absolute Gasteiger partial charge is 0.492 e. The lowest BCUT2D eigenvalue weighted by Gasteiger charge is -2.10. The van der Waals surface area contributed by atoms with E-state index in [0.29, 0.717) is 13.2 Å². The molecule has 0 bridgehead atoms. The van der Waals surface area contributed by atoms with E-state index in [9.17, 15) is 10.1 Å². The van der Waals surface area contributed by atoms with Gasteiger partial charge in [0.05, 0.1) is 13.2 Å². The van der Waals surface area contributed by atoms with Crippen molar-refractivity contribution in [2.75, 3.05) is 13.2 Å². The minimum Gasteiger partial charge on any atom is -0.492 e. The Bertz CT molecular complexity index is 1090. The molecule has 6 heteroatoms. The summed E-state index contributed by atoms with van der Waals surface area (Å²) in [5, 5.41) is 10.4. The van der Waals surface area contributed by atoms with E-state index in [1.807, 2.05) is 61.5 Å². The van der Waals surface area contributed by atoms with E-state index in [0.717, 1.165) is 32.4 Å². The van der Waals surface area contributed by atoms with Crippen molar-refractivity contribution in [1.29, 1.82) is 5.26 Å². The lowest BCUT2D eigenvalue weighted by atomic mass is 10.1. The number of hydrogen-bond acceptors (Lipinski definition) is 4. The normalized spacial score (nSPS) is 11.3. The van der Waals surface area contributed by atoms with Gasteiger partial charge in [-0.1, -0.05) is 34.1 Å². The van der Waals surface area contributed by atoms with Crippen molar-refractivity contribution in [1.82, 2.24) is 4.57 Å². The van der Waals surface area contributed by atoms with Crippen molar-refractivity contribution in [3.05, 3.63) is 69.8 Å². The van der Waals surface area contributed by atoms with E-state index in [2.05, 4.69) is 20.5 Å². The number of ether oxygens (including phenoxy) is 2. The molecule has 0 fully saturated rings. The van der Waals surface area contributed by atoms with Crippen LogP contribution >= 0.6 is 15.9 Å². The summed E-state index contributed by atoms with van der Waals surface area (Å²) >= 11 is 3.41. The van der Waals surface area contributed by atoms with Crippen molar-refractivity contribution < 1.29 is 14.3 Å². The predicted molar refractivity (Wildman–Crippen MR) is 117 cm³/mol. The SMILES string of the molecule is CCOC(=O)/C(C#N)=C/c1c(C)n(CCOc2ccc(Br)cc2)c2ccccc12. The molecule has 1 heterocycles. The molecular weight excluding hydrogens is 432 g/mol. The Balaban J connectivity index is 1.91. The lowest BCUT2D eigenvalue weighted by Crippen LogP contribution is -2.09. The molecule has 1 aromatic heterocycles. The van der Waals surface area contributed by atoms with E-state index in [1.54, 1.807) is 13.0 Å². The maximum atomic E-state index is 12.0. The molecule has 0 atom stereocenters. The fraction of sp³-hybridized carbons (Fsp3) is 0.217. The molecule has 0 aliphatic rings. The molecule has 0 saturated carbocycles. The summed E-state index contributed by atoms with van der Waals surface area (Å²) in [6, 6.07) is 17.6. The van der Waals surface area contributed by atoms with Crippen molar-refractivity contribution >= 4 is 38.9 Å². The fourth-order valence-corrected chi connectivity index (χ4v) is 3.47. The molecule has 5 nitrogen and oxygen atoms in total. The number of rotatable bonds is 7. The van der Waals surface area contributed by atoms with E-state index in [-0.39, 0.29) is 12.2 Å². The zero-order valence-electron chi connectivity index (χ0n) is 16.3. The highest BCUT2D eigenvalue weighted by atomic mass is 79.9. The van der Waals surface area contributed by atoms with Crippen LogP contribution < -0.4 is 4.74 Å². The first kappa shape index (κ1) is 20.7. The summed E-state index contributed by atoms with van der Waals surface area (Å²) in [6.45, 7) is 5.05. The van der Waals surface area contributed by atoms with Gasteiger partial charge in [-0.25, -0.2) is 4.79 Å². The van der Waals surface area contributed by atoms with Gasteiger partial charge in [-0.05, 0) is 50.3 Å². The van der Waals surface area contributed by atoms with Gasteiger partial charge in [0.2, 0.25) is 0 Å². The Morgan fingerprint density at radius 1 is 1.21 bits per heavy atom. The van der Waals surface area contributed by atoms with Gasteiger partial charge < -0.3 is 14.0 Å². The first-order chi connectivity index (χ1) is 14.0. The maximum absolute atomic E-state index is 12.0. The summed E-state index contributed by atoms with van der Waals surface area (Å²) in [4.78, 5) is 12.0. The van der Waals surface area contributed by atoms with Gasteiger partial charge in [-0.15, -0.1) is 0 Å². The molecule has 0 unspecified atom stereocenters. The molecule has 2 aromatic carbocycles. The van der Waals surface area contributed by atoms with E-state index in [4.69, 9.17) is 9.47 Å². The van der Waals surface area contributed by atoms with Gasteiger partial charge in [0, 0.05) is 26.6 Å². The van der Waals surface area contributed by atoms with Crippen LogP contribution in [0.4, 0.5) is 0 Å². The Hall–Kier alpha value is -3.04. The molecule has 0 spiro atoms. The molecule has 0 aliphatic heterocycles. The van der Waals surface area contributed by atoms with Gasteiger partial charge in [-0.2, -0.15) is 5.26 Å². The van der Waals surface area contributed by atoms with Gasteiger partial charge >= 0.3 is 5.97 Å². The second kappa shape index (κ2) is 9.44. The summed E-state index contributed by atoms with van der Waals surface area (Å²) in [5.74, 6) is 0.196. The Morgan fingerprint density at radius 2 is 1.93 bits per heavy atom. The zero-order valence-corrected chi connectivity index (χ0v) is 17.9. The number of nitrogens with zero attached hydrogens (tertiary/aromatic N) is 2. The van der Waals surface area contributed by atoms with Crippen LogP contribution in [-0.4, -0.2) is 23.8 Å². The summed E-state index contributed by atoms with van der Waals surface area (Å²) in [6.07, 6.45) is 1.61. The topological polar surface area (TPSA) is 64.2 Å². The van der Waals surface area contributed by atoms with Crippen molar-refractivity contribution in [2.24, 2.45) is 0 Å². The average molecular weight is 453 g/mol. The molecule has 0 aliphatic carbocycles. The predicted octanol–water partition coefficient (Wildman–Crippen LogP) is 5.26. The molecule has 0 N–H and O–H groups in total. The molecule has 3 rings (SSSR count). The summed E-state index contributed by atoms with van der Waals surface area (Å²) in [7, 11) is 0. The number of aromatic nitrogens is 1. The molecule has 0 saturated heterocycles. The van der Waals surface area contributed by atoms with Gasteiger partial charge in [0.1, 0.15) is 24.0 Å². The highest BCUT2D eigenvalue weighted by Gasteiger charge is 2.16. The highest BCUT2D eigenvalue weighted by Crippen LogP contribution is 2.28. The van der Waals surface area contributed by atoms with E-state index >= 15 is 0 Å². The standard InChI is InChI=1S/C23H21BrN2O3/c1-3-28-23(27)17(15-25)14-21-16(2)26(22-7-5-4-6-20(21)22)12-13-29-19-10-8-18(24)9-11-19/h4-11,14H,3,12-13H2,1-2H3/b17-14+. The average Bonchev–Trinajstić information content (AvgIpc) is 2.99. The molecule has 3 aromatic rings.